The number of rotatable bonds is 3. The first-order chi connectivity index (χ1) is 5.74. The van der Waals surface area contributed by atoms with Crippen LogP contribution in [0.2, 0.25) is 0 Å². The van der Waals surface area contributed by atoms with Crippen molar-refractivity contribution in [2.45, 2.75) is 38.7 Å². The number of nitrogens with one attached hydrogen (secondary N) is 1. The number of carbonyl (C=O) groups excluding carboxylic acids is 1. The van der Waals surface area contributed by atoms with Crippen LogP contribution in [0.15, 0.2) is 0 Å². The lowest BCUT2D eigenvalue weighted by Gasteiger charge is -2.14. The van der Waals surface area contributed by atoms with Gasteiger partial charge < -0.3 is 10.4 Å². The first kappa shape index (κ1) is 9.52. The number of amides is 1. The van der Waals surface area contributed by atoms with Crippen LogP contribution < -0.4 is 5.32 Å². The van der Waals surface area contributed by atoms with Crippen LogP contribution in [0.3, 0.4) is 0 Å². The normalized spacial score (nSPS) is 28.8. The topological polar surface area (TPSA) is 49.3 Å². The molecule has 1 rings (SSSR count). The summed E-state index contributed by atoms with van der Waals surface area (Å²) in [6.07, 6.45) is 3.37. The van der Waals surface area contributed by atoms with E-state index in [9.17, 15) is 9.90 Å². The molecule has 1 saturated carbocycles. The molecule has 0 heterocycles. The maximum atomic E-state index is 10.9. The second-order valence-electron chi connectivity index (χ2n) is 3.42. The van der Waals surface area contributed by atoms with Gasteiger partial charge in [-0.05, 0) is 12.8 Å². The Labute approximate surface area is 73.2 Å². The Hall–Kier alpha value is -0.570. The molecular weight excluding hydrogens is 154 g/mol. The van der Waals surface area contributed by atoms with E-state index in [1.54, 1.807) is 0 Å². The summed E-state index contributed by atoms with van der Waals surface area (Å²) in [5.41, 5.74) is 0. The number of hydrogen-bond donors (Lipinski definition) is 2. The smallest absolute Gasteiger partial charge is 0.219 e. The predicted octanol–water partition coefficient (Wildman–Crippen LogP) is 0.674. The molecule has 1 aliphatic carbocycles. The Morgan fingerprint density at radius 1 is 1.58 bits per heavy atom. The Morgan fingerprint density at radius 2 is 2.33 bits per heavy atom. The second kappa shape index (κ2) is 4.45. The maximum absolute atomic E-state index is 10.9. The zero-order valence-electron chi connectivity index (χ0n) is 7.55. The number of carbonyl (C=O) groups is 1. The second-order valence-corrected chi connectivity index (χ2v) is 3.42. The van der Waals surface area contributed by atoms with E-state index < -0.39 is 0 Å². The molecule has 3 nitrogen and oxygen atoms in total. The molecule has 0 radical (unpaired) electrons. The quantitative estimate of drug-likeness (QED) is 0.656. The van der Waals surface area contributed by atoms with Gasteiger partial charge in [0.25, 0.3) is 0 Å². The van der Waals surface area contributed by atoms with Crippen LogP contribution in [0, 0.1) is 5.92 Å². The lowest BCUT2D eigenvalue weighted by molar-refractivity contribution is -0.121. The molecule has 70 valence electrons. The molecule has 1 fully saturated rings. The number of aliphatic hydroxyl groups excluding tert-OH is 1. The standard InChI is InChI=1S/C9H17NO2/c1-2-9(12)10-6-7-4-3-5-8(7)11/h7-8,11H,2-6H2,1H3,(H,10,12)/t7-,8-/m0/s1. The van der Waals surface area contributed by atoms with Crippen molar-refractivity contribution >= 4 is 5.91 Å². The highest BCUT2D eigenvalue weighted by Crippen LogP contribution is 2.24. The van der Waals surface area contributed by atoms with Gasteiger partial charge >= 0.3 is 0 Å². The molecule has 0 aromatic rings. The van der Waals surface area contributed by atoms with Crippen molar-refractivity contribution in [3.8, 4) is 0 Å². The first-order valence-corrected chi connectivity index (χ1v) is 4.68. The third-order valence-corrected chi connectivity index (χ3v) is 2.50. The van der Waals surface area contributed by atoms with Crippen LogP contribution in [0.5, 0.6) is 0 Å². The molecule has 0 aromatic carbocycles. The van der Waals surface area contributed by atoms with Gasteiger partial charge in [0, 0.05) is 18.9 Å². The molecule has 0 bridgehead atoms. The SMILES string of the molecule is CCC(=O)NC[C@@H]1CCC[C@@H]1O. The van der Waals surface area contributed by atoms with Crippen LogP contribution in [-0.2, 0) is 4.79 Å². The van der Waals surface area contributed by atoms with E-state index in [1.807, 2.05) is 6.92 Å². The fourth-order valence-electron chi connectivity index (χ4n) is 1.63. The van der Waals surface area contributed by atoms with Gasteiger partial charge in [0.05, 0.1) is 6.10 Å². The van der Waals surface area contributed by atoms with E-state index in [1.165, 1.54) is 0 Å². The molecule has 3 heteroatoms. The van der Waals surface area contributed by atoms with Crippen LogP contribution in [0.4, 0.5) is 0 Å². The van der Waals surface area contributed by atoms with Crippen molar-refractivity contribution < 1.29 is 9.90 Å². The van der Waals surface area contributed by atoms with Gasteiger partial charge in [-0.1, -0.05) is 13.3 Å². The maximum Gasteiger partial charge on any atom is 0.219 e. The van der Waals surface area contributed by atoms with E-state index in [2.05, 4.69) is 5.32 Å². The third-order valence-electron chi connectivity index (χ3n) is 2.50. The largest absolute Gasteiger partial charge is 0.393 e. The van der Waals surface area contributed by atoms with E-state index in [0.717, 1.165) is 19.3 Å². The van der Waals surface area contributed by atoms with Crippen molar-refractivity contribution in [3.63, 3.8) is 0 Å². The summed E-state index contributed by atoms with van der Waals surface area (Å²) in [7, 11) is 0. The van der Waals surface area contributed by atoms with Gasteiger partial charge in [-0.3, -0.25) is 4.79 Å². The highest BCUT2D eigenvalue weighted by Gasteiger charge is 2.24. The number of aliphatic hydroxyl groups is 1. The molecule has 1 aliphatic rings. The van der Waals surface area contributed by atoms with Gasteiger partial charge in [-0.15, -0.1) is 0 Å². The molecule has 1 amide bonds. The minimum Gasteiger partial charge on any atom is -0.393 e. The van der Waals surface area contributed by atoms with E-state index in [-0.39, 0.29) is 12.0 Å². The molecular formula is C9H17NO2. The molecule has 12 heavy (non-hydrogen) atoms. The molecule has 0 spiro atoms. The van der Waals surface area contributed by atoms with Crippen molar-refractivity contribution in [2.24, 2.45) is 5.92 Å². The first-order valence-electron chi connectivity index (χ1n) is 4.68. The summed E-state index contributed by atoms with van der Waals surface area (Å²) in [6.45, 7) is 2.48. The zero-order valence-corrected chi connectivity index (χ0v) is 7.55. The van der Waals surface area contributed by atoms with E-state index in [0.29, 0.717) is 18.9 Å². The van der Waals surface area contributed by atoms with Crippen molar-refractivity contribution in [1.29, 1.82) is 0 Å². The lowest BCUT2D eigenvalue weighted by atomic mass is 10.1. The van der Waals surface area contributed by atoms with Gasteiger partial charge in [-0.25, -0.2) is 0 Å². The average Bonchev–Trinajstić information content (AvgIpc) is 2.47. The fraction of sp³-hybridized carbons (Fsp3) is 0.889. The average molecular weight is 171 g/mol. The summed E-state index contributed by atoms with van der Waals surface area (Å²) in [5.74, 6) is 0.370. The Bertz CT molecular complexity index is 159. The predicted molar refractivity (Wildman–Crippen MR) is 46.6 cm³/mol. The van der Waals surface area contributed by atoms with Crippen LogP contribution in [0.25, 0.3) is 0 Å². The monoisotopic (exact) mass is 171 g/mol. The summed E-state index contributed by atoms with van der Waals surface area (Å²) in [6, 6.07) is 0. The van der Waals surface area contributed by atoms with Crippen molar-refractivity contribution in [2.75, 3.05) is 6.54 Å². The molecule has 2 atom stereocenters. The van der Waals surface area contributed by atoms with Crippen LogP contribution >= 0.6 is 0 Å². The summed E-state index contributed by atoms with van der Waals surface area (Å²) < 4.78 is 0. The Morgan fingerprint density at radius 3 is 2.83 bits per heavy atom. The highest BCUT2D eigenvalue weighted by molar-refractivity contribution is 5.75. The van der Waals surface area contributed by atoms with E-state index >= 15 is 0 Å². The van der Waals surface area contributed by atoms with Crippen LogP contribution in [0.1, 0.15) is 32.6 Å². The minimum atomic E-state index is -0.192. The van der Waals surface area contributed by atoms with Gasteiger partial charge in [0.15, 0.2) is 0 Å². The van der Waals surface area contributed by atoms with Gasteiger partial charge in [-0.2, -0.15) is 0 Å². The van der Waals surface area contributed by atoms with Crippen LogP contribution in [-0.4, -0.2) is 23.7 Å². The Balaban J connectivity index is 2.18. The fourth-order valence-corrected chi connectivity index (χ4v) is 1.63. The molecule has 0 saturated heterocycles. The summed E-state index contributed by atoms with van der Waals surface area (Å²) in [5, 5.41) is 12.2. The zero-order chi connectivity index (χ0) is 8.97. The van der Waals surface area contributed by atoms with E-state index in [4.69, 9.17) is 0 Å². The highest BCUT2D eigenvalue weighted by atomic mass is 16.3. The third kappa shape index (κ3) is 2.48. The van der Waals surface area contributed by atoms with Crippen molar-refractivity contribution in [1.82, 2.24) is 5.32 Å². The molecule has 0 unspecified atom stereocenters. The summed E-state index contributed by atoms with van der Waals surface area (Å²) in [4.78, 5) is 10.9. The molecule has 0 aromatic heterocycles. The number of hydrogen-bond acceptors (Lipinski definition) is 2. The molecule has 2 N–H and O–H groups in total. The minimum absolute atomic E-state index is 0.0779. The summed E-state index contributed by atoms with van der Waals surface area (Å²) >= 11 is 0. The lowest BCUT2D eigenvalue weighted by Crippen LogP contribution is -2.31. The van der Waals surface area contributed by atoms with Crippen molar-refractivity contribution in [3.05, 3.63) is 0 Å². The van der Waals surface area contributed by atoms with Gasteiger partial charge in [0.1, 0.15) is 0 Å². The Kier molecular flexibility index (Phi) is 3.53. The van der Waals surface area contributed by atoms with Gasteiger partial charge in [0.2, 0.25) is 5.91 Å². The molecule has 0 aliphatic heterocycles.